The van der Waals surface area contributed by atoms with Crippen molar-refractivity contribution in [1.29, 1.82) is 0 Å². The standard InChI is InChI=1S/C12H12ClF2NO3S2/c13-8-5-21(18,19)6-10(8)16-12(17)4-20-11-3-7(14)1-2-9(11)15/h1-3,8,10H,4-6H2,(H,16,17)/t8-,10-/m0/s1. The van der Waals surface area contributed by atoms with Crippen LogP contribution >= 0.6 is 23.4 Å². The lowest BCUT2D eigenvalue weighted by molar-refractivity contribution is -0.119. The third-order valence-corrected chi connectivity index (χ3v) is 6.29. The van der Waals surface area contributed by atoms with E-state index in [4.69, 9.17) is 11.6 Å². The summed E-state index contributed by atoms with van der Waals surface area (Å²) in [5.41, 5.74) is 0. The second kappa shape index (κ2) is 6.50. The van der Waals surface area contributed by atoms with Crippen molar-refractivity contribution in [3.63, 3.8) is 0 Å². The third-order valence-electron chi connectivity index (χ3n) is 2.88. The predicted molar refractivity (Wildman–Crippen MR) is 77.3 cm³/mol. The lowest BCUT2D eigenvalue weighted by Gasteiger charge is -2.14. The average Bonchev–Trinajstić information content (AvgIpc) is 2.63. The minimum Gasteiger partial charge on any atom is -0.350 e. The Labute approximate surface area is 130 Å². The van der Waals surface area contributed by atoms with Crippen molar-refractivity contribution in [3.05, 3.63) is 29.8 Å². The highest BCUT2D eigenvalue weighted by Gasteiger charge is 2.37. The summed E-state index contributed by atoms with van der Waals surface area (Å²) >= 11 is 6.69. The zero-order valence-electron chi connectivity index (χ0n) is 10.7. The lowest BCUT2D eigenvalue weighted by atomic mass is 10.2. The van der Waals surface area contributed by atoms with E-state index in [2.05, 4.69) is 5.32 Å². The van der Waals surface area contributed by atoms with Crippen molar-refractivity contribution in [1.82, 2.24) is 5.32 Å². The number of halogens is 3. The van der Waals surface area contributed by atoms with Crippen LogP contribution in [-0.2, 0) is 14.6 Å². The van der Waals surface area contributed by atoms with E-state index in [1.807, 2.05) is 0 Å². The van der Waals surface area contributed by atoms with Gasteiger partial charge in [0.15, 0.2) is 9.84 Å². The Bertz CT molecular complexity index is 654. The molecule has 9 heteroatoms. The van der Waals surface area contributed by atoms with E-state index in [1.54, 1.807) is 0 Å². The van der Waals surface area contributed by atoms with Crippen LogP contribution in [0.15, 0.2) is 23.1 Å². The molecule has 0 bridgehead atoms. The van der Waals surface area contributed by atoms with E-state index in [0.29, 0.717) is 0 Å². The Kier molecular flexibility index (Phi) is 5.11. The van der Waals surface area contributed by atoms with Gasteiger partial charge in [0.2, 0.25) is 5.91 Å². The van der Waals surface area contributed by atoms with Crippen molar-refractivity contribution in [3.8, 4) is 0 Å². The number of amides is 1. The molecule has 0 aliphatic carbocycles. The highest BCUT2D eigenvalue weighted by molar-refractivity contribution is 8.00. The van der Waals surface area contributed by atoms with Gasteiger partial charge in [-0.2, -0.15) is 0 Å². The molecule has 116 valence electrons. The number of carbonyl (C=O) groups is 1. The molecule has 1 amide bonds. The maximum atomic E-state index is 13.4. The van der Waals surface area contributed by atoms with Crippen LogP contribution in [0.4, 0.5) is 8.78 Å². The first-order chi connectivity index (χ1) is 9.77. The molecule has 1 N–H and O–H groups in total. The van der Waals surface area contributed by atoms with Gasteiger partial charge in [0.05, 0.1) is 28.7 Å². The summed E-state index contributed by atoms with van der Waals surface area (Å²) in [6.07, 6.45) is 0. The molecule has 0 saturated carbocycles. The van der Waals surface area contributed by atoms with Crippen LogP contribution in [0.1, 0.15) is 0 Å². The number of benzene rings is 1. The molecule has 1 aliphatic rings. The minimum atomic E-state index is -3.23. The molecular formula is C12H12ClF2NO3S2. The van der Waals surface area contributed by atoms with Crippen LogP contribution in [0, 0.1) is 11.6 Å². The maximum Gasteiger partial charge on any atom is 0.230 e. The molecule has 1 saturated heterocycles. The lowest BCUT2D eigenvalue weighted by Crippen LogP contribution is -2.41. The van der Waals surface area contributed by atoms with E-state index in [9.17, 15) is 22.0 Å². The Balaban J connectivity index is 1.90. The monoisotopic (exact) mass is 355 g/mol. The number of sulfone groups is 1. The molecule has 2 rings (SSSR count). The molecule has 1 aromatic carbocycles. The Morgan fingerprint density at radius 3 is 2.71 bits per heavy atom. The molecule has 1 aliphatic heterocycles. The van der Waals surface area contributed by atoms with Gasteiger partial charge in [-0.1, -0.05) is 0 Å². The van der Waals surface area contributed by atoms with Gasteiger partial charge < -0.3 is 5.32 Å². The first-order valence-corrected chi connectivity index (χ1v) is 9.23. The van der Waals surface area contributed by atoms with E-state index < -0.39 is 38.8 Å². The smallest absolute Gasteiger partial charge is 0.230 e. The molecule has 0 spiro atoms. The number of alkyl halides is 1. The van der Waals surface area contributed by atoms with Gasteiger partial charge in [0.1, 0.15) is 11.6 Å². The van der Waals surface area contributed by atoms with E-state index >= 15 is 0 Å². The fourth-order valence-electron chi connectivity index (χ4n) is 1.92. The Morgan fingerprint density at radius 1 is 1.38 bits per heavy atom. The number of rotatable bonds is 4. The summed E-state index contributed by atoms with van der Waals surface area (Å²) in [4.78, 5) is 11.7. The molecule has 0 unspecified atom stereocenters. The van der Waals surface area contributed by atoms with E-state index in [0.717, 1.165) is 30.0 Å². The molecule has 1 fully saturated rings. The zero-order valence-corrected chi connectivity index (χ0v) is 13.1. The summed E-state index contributed by atoms with van der Waals surface area (Å²) in [6.45, 7) is 0. The maximum absolute atomic E-state index is 13.4. The molecule has 21 heavy (non-hydrogen) atoms. The van der Waals surface area contributed by atoms with Crippen LogP contribution in [0.25, 0.3) is 0 Å². The summed E-state index contributed by atoms with van der Waals surface area (Å²) < 4.78 is 49.1. The van der Waals surface area contributed by atoms with E-state index in [-0.39, 0.29) is 22.2 Å². The van der Waals surface area contributed by atoms with Crippen LogP contribution in [0.5, 0.6) is 0 Å². The first kappa shape index (κ1) is 16.5. The fourth-order valence-corrected chi connectivity index (χ4v) is 5.24. The molecule has 0 aromatic heterocycles. The van der Waals surface area contributed by atoms with Crippen LogP contribution < -0.4 is 5.32 Å². The van der Waals surface area contributed by atoms with Gasteiger partial charge in [-0.05, 0) is 18.2 Å². The first-order valence-electron chi connectivity index (χ1n) is 5.98. The molecule has 4 nitrogen and oxygen atoms in total. The van der Waals surface area contributed by atoms with E-state index in [1.165, 1.54) is 0 Å². The van der Waals surface area contributed by atoms with Gasteiger partial charge >= 0.3 is 0 Å². The van der Waals surface area contributed by atoms with Crippen molar-refractivity contribution in [2.45, 2.75) is 16.3 Å². The normalized spacial score (nSPS) is 24.0. The highest BCUT2D eigenvalue weighted by Crippen LogP contribution is 2.23. The third kappa shape index (κ3) is 4.55. The largest absolute Gasteiger partial charge is 0.350 e. The molecule has 1 aromatic rings. The second-order valence-corrected chi connectivity index (χ2v) is 8.36. The quantitative estimate of drug-likeness (QED) is 0.658. The Morgan fingerprint density at radius 2 is 2.10 bits per heavy atom. The summed E-state index contributed by atoms with van der Waals surface area (Å²) in [5, 5.41) is 1.83. The minimum absolute atomic E-state index is 0.0200. The molecule has 0 radical (unpaired) electrons. The number of thioether (sulfide) groups is 1. The van der Waals surface area contributed by atoms with Gasteiger partial charge in [-0.25, -0.2) is 17.2 Å². The summed E-state index contributed by atoms with van der Waals surface area (Å²) in [7, 11) is -3.23. The van der Waals surface area contributed by atoms with Crippen molar-refractivity contribution >= 4 is 39.1 Å². The van der Waals surface area contributed by atoms with Gasteiger partial charge in [-0.3, -0.25) is 4.79 Å². The number of hydrogen-bond acceptors (Lipinski definition) is 4. The SMILES string of the molecule is O=C(CSc1cc(F)ccc1F)N[C@H]1CS(=O)(=O)C[C@@H]1Cl. The topological polar surface area (TPSA) is 63.2 Å². The van der Waals surface area contributed by atoms with Gasteiger partial charge in [0.25, 0.3) is 0 Å². The van der Waals surface area contributed by atoms with Crippen LogP contribution in [-0.4, -0.2) is 43.0 Å². The van der Waals surface area contributed by atoms with Crippen LogP contribution in [0.3, 0.4) is 0 Å². The predicted octanol–water partition coefficient (Wildman–Crippen LogP) is 1.58. The number of carbonyl (C=O) groups excluding carboxylic acids is 1. The van der Waals surface area contributed by atoms with Crippen molar-refractivity contribution in [2.24, 2.45) is 0 Å². The highest BCUT2D eigenvalue weighted by atomic mass is 35.5. The molecule has 1 heterocycles. The zero-order chi connectivity index (χ0) is 15.6. The molecule has 2 atom stereocenters. The van der Waals surface area contributed by atoms with Crippen molar-refractivity contribution < 1.29 is 22.0 Å². The van der Waals surface area contributed by atoms with Crippen LogP contribution in [0.2, 0.25) is 0 Å². The molecular weight excluding hydrogens is 344 g/mol. The van der Waals surface area contributed by atoms with Gasteiger partial charge in [0, 0.05) is 4.90 Å². The summed E-state index contributed by atoms with van der Waals surface area (Å²) in [5.74, 6) is -2.22. The average molecular weight is 356 g/mol. The van der Waals surface area contributed by atoms with Crippen molar-refractivity contribution in [2.75, 3.05) is 17.3 Å². The van der Waals surface area contributed by atoms with Gasteiger partial charge in [-0.15, -0.1) is 23.4 Å². The summed E-state index contributed by atoms with van der Waals surface area (Å²) in [6, 6.07) is 2.31. The fraction of sp³-hybridized carbons (Fsp3) is 0.417. The second-order valence-electron chi connectivity index (χ2n) is 4.63. The number of nitrogens with one attached hydrogen (secondary N) is 1. The number of hydrogen-bond donors (Lipinski definition) is 1. The Hall–Kier alpha value is -0.860.